The van der Waals surface area contributed by atoms with Gasteiger partial charge in [0.1, 0.15) is 0 Å². The summed E-state index contributed by atoms with van der Waals surface area (Å²) in [5.74, 6) is 0.853. The molecule has 1 saturated heterocycles. The number of furan rings is 1. The highest BCUT2D eigenvalue weighted by molar-refractivity contribution is 7.89. The van der Waals surface area contributed by atoms with Crippen molar-refractivity contribution in [3.63, 3.8) is 0 Å². The van der Waals surface area contributed by atoms with E-state index in [0.29, 0.717) is 37.2 Å². The molecular formula is C25H31N3O4S2. The number of morpholine rings is 1. The Labute approximate surface area is 204 Å². The number of nitrogens with zero attached hydrogens (tertiary/aromatic N) is 3. The number of sulfonamides is 1. The van der Waals surface area contributed by atoms with Gasteiger partial charge in [-0.2, -0.15) is 4.31 Å². The fourth-order valence-corrected chi connectivity index (χ4v) is 7.17. The molecule has 2 fully saturated rings. The Kier molecular flexibility index (Phi) is 7.34. The van der Waals surface area contributed by atoms with E-state index in [0.717, 1.165) is 34.8 Å². The molecule has 182 valence electrons. The van der Waals surface area contributed by atoms with Crippen LogP contribution in [0.1, 0.15) is 51.0 Å². The smallest absolute Gasteiger partial charge is 0.243 e. The predicted octanol–water partition coefficient (Wildman–Crippen LogP) is 5.35. The number of aromatic nitrogens is 1. The van der Waals surface area contributed by atoms with E-state index in [1.807, 2.05) is 12.1 Å². The van der Waals surface area contributed by atoms with E-state index in [1.165, 1.54) is 36.4 Å². The summed E-state index contributed by atoms with van der Waals surface area (Å²) in [5, 5.41) is 2.12. The van der Waals surface area contributed by atoms with Gasteiger partial charge in [-0.25, -0.2) is 13.4 Å². The summed E-state index contributed by atoms with van der Waals surface area (Å²) >= 11 is 1.60. The molecule has 0 radical (unpaired) electrons. The molecule has 34 heavy (non-hydrogen) atoms. The van der Waals surface area contributed by atoms with Crippen LogP contribution in [0, 0.1) is 0 Å². The Morgan fingerprint density at radius 1 is 0.941 bits per heavy atom. The van der Waals surface area contributed by atoms with Crippen LogP contribution < -0.4 is 4.80 Å². The topological polar surface area (TPSA) is 77.0 Å². The highest BCUT2D eigenvalue weighted by Gasteiger charge is 2.26. The van der Waals surface area contributed by atoms with E-state index < -0.39 is 10.0 Å². The maximum Gasteiger partial charge on any atom is 0.243 e. The molecule has 0 N–H and O–H groups in total. The fraction of sp³-hybridized carbons (Fsp3) is 0.480. The molecule has 9 heteroatoms. The van der Waals surface area contributed by atoms with Gasteiger partial charge in [0, 0.05) is 24.5 Å². The van der Waals surface area contributed by atoms with E-state index in [4.69, 9.17) is 14.1 Å². The van der Waals surface area contributed by atoms with Crippen LogP contribution >= 0.6 is 11.3 Å². The van der Waals surface area contributed by atoms with Gasteiger partial charge in [0.15, 0.2) is 10.6 Å². The highest BCUT2D eigenvalue weighted by atomic mass is 32.2. The first-order chi connectivity index (χ1) is 16.6. The SMILES string of the molecule is O=S(=O)(c1ccc(N=c2scc(-c3ccco3)n2C2CCCCCCC2)cc1)N1CCOCC1. The molecule has 3 aromatic rings. The lowest BCUT2D eigenvalue weighted by molar-refractivity contribution is 0.0730. The van der Waals surface area contributed by atoms with Gasteiger partial charge in [-0.15, -0.1) is 11.3 Å². The average molecular weight is 502 g/mol. The lowest BCUT2D eigenvalue weighted by Crippen LogP contribution is -2.40. The molecule has 0 unspecified atom stereocenters. The fourth-order valence-electron chi connectivity index (χ4n) is 4.79. The normalized spacial score (nSPS) is 19.7. The van der Waals surface area contributed by atoms with Crippen LogP contribution in [0.3, 0.4) is 0 Å². The molecule has 5 rings (SSSR count). The molecule has 1 aromatic carbocycles. The first-order valence-corrected chi connectivity index (χ1v) is 14.4. The third-order valence-electron chi connectivity index (χ3n) is 6.62. The van der Waals surface area contributed by atoms with Gasteiger partial charge in [-0.05, 0) is 49.2 Å². The summed E-state index contributed by atoms with van der Waals surface area (Å²) in [7, 11) is -3.51. The monoisotopic (exact) mass is 501 g/mol. The van der Waals surface area contributed by atoms with E-state index in [-0.39, 0.29) is 0 Å². The second kappa shape index (κ2) is 10.6. The van der Waals surface area contributed by atoms with Gasteiger partial charge in [0.2, 0.25) is 10.0 Å². The maximum absolute atomic E-state index is 12.9. The molecule has 2 aromatic heterocycles. The molecule has 0 spiro atoms. The summed E-state index contributed by atoms with van der Waals surface area (Å²) in [6.45, 7) is 1.65. The van der Waals surface area contributed by atoms with Crippen molar-refractivity contribution in [1.29, 1.82) is 0 Å². The lowest BCUT2D eigenvalue weighted by Gasteiger charge is -2.26. The van der Waals surface area contributed by atoms with Gasteiger partial charge in [0.25, 0.3) is 0 Å². The minimum atomic E-state index is -3.51. The second-order valence-electron chi connectivity index (χ2n) is 8.87. The van der Waals surface area contributed by atoms with Gasteiger partial charge in [0.05, 0.1) is 35.8 Å². The van der Waals surface area contributed by atoms with Crippen LogP contribution in [0.15, 0.2) is 62.3 Å². The highest BCUT2D eigenvalue weighted by Crippen LogP contribution is 2.31. The van der Waals surface area contributed by atoms with Crippen LogP contribution in [0.4, 0.5) is 5.69 Å². The maximum atomic E-state index is 12.9. The van der Waals surface area contributed by atoms with Crippen LogP contribution in [0.25, 0.3) is 11.5 Å². The molecule has 1 saturated carbocycles. The summed E-state index contributed by atoms with van der Waals surface area (Å²) in [6.07, 6.45) is 10.3. The predicted molar refractivity (Wildman–Crippen MR) is 133 cm³/mol. The van der Waals surface area contributed by atoms with Crippen molar-refractivity contribution in [2.24, 2.45) is 4.99 Å². The third-order valence-corrected chi connectivity index (χ3v) is 9.38. The quantitative estimate of drug-likeness (QED) is 0.472. The zero-order valence-corrected chi connectivity index (χ0v) is 20.9. The first kappa shape index (κ1) is 23.5. The zero-order chi connectivity index (χ0) is 23.4. The molecule has 0 bridgehead atoms. The van der Waals surface area contributed by atoms with Crippen molar-refractivity contribution in [3.8, 4) is 11.5 Å². The van der Waals surface area contributed by atoms with E-state index in [2.05, 4.69) is 9.95 Å². The average Bonchev–Trinajstić information content (AvgIpc) is 3.50. The number of benzene rings is 1. The molecule has 1 aliphatic heterocycles. The first-order valence-electron chi connectivity index (χ1n) is 12.1. The number of hydrogen-bond donors (Lipinski definition) is 0. The molecule has 0 atom stereocenters. The van der Waals surface area contributed by atoms with Crippen LogP contribution in [-0.2, 0) is 14.8 Å². The number of hydrogen-bond acceptors (Lipinski definition) is 6. The van der Waals surface area contributed by atoms with Gasteiger partial charge in [-0.3, -0.25) is 0 Å². The molecule has 7 nitrogen and oxygen atoms in total. The van der Waals surface area contributed by atoms with Crippen molar-refractivity contribution in [1.82, 2.24) is 8.87 Å². The molecular weight excluding hydrogens is 470 g/mol. The summed E-state index contributed by atoms with van der Waals surface area (Å²) in [4.78, 5) is 6.16. The molecule has 1 aliphatic carbocycles. The van der Waals surface area contributed by atoms with Gasteiger partial charge in [-0.1, -0.05) is 32.1 Å². The van der Waals surface area contributed by atoms with Crippen molar-refractivity contribution < 1.29 is 17.6 Å². The van der Waals surface area contributed by atoms with Gasteiger partial charge >= 0.3 is 0 Å². The van der Waals surface area contributed by atoms with Crippen molar-refractivity contribution >= 4 is 27.0 Å². The Morgan fingerprint density at radius 3 is 2.32 bits per heavy atom. The Morgan fingerprint density at radius 2 is 1.65 bits per heavy atom. The van der Waals surface area contributed by atoms with Crippen molar-refractivity contribution in [2.75, 3.05) is 26.3 Å². The van der Waals surface area contributed by atoms with Crippen LogP contribution in [0.5, 0.6) is 0 Å². The lowest BCUT2D eigenvalue weighted by atomic mass is 9.96. The summed E-state index contributed by atoms with van der Waals surface area (Å²) < 4.78 is 40.7. The Balaban J connectivity index is 1.48. The number of thiazole rings is 1. The number of rotatable bonds is 5. The van der Waals surface area contributed by atoms with E-state index in [1.54, 1.807) is 41.9 Å². The van der Waals surface area contributed by atoms with Crippen LogP contribution in [-0.4, -0.2) is 43.6 Å². The van der Waals surface area contributed by atoms with Crippen molar-refractivity contribution in [2.45, 2.75) is 55.9 Å². The number of ether oxygens (including phenoxy) is 1. The third kappa shape index (κ3) is 5.07. The second-order valence-corrected chi connectivity index (χ2v) is 11.6. The minimum Gasteiger partial charge on any atom is -0.463 e. The summed E-state index contributed by atoms with van der Waals surface area (Å²) in [6, 6.07) is 11.2. The van der Waals surface area contributed by atoms with E-state index in [9.17, 15) is 8.42 Å². The molecule has 0 amide bonds. The standard InChI is InChI=1S/C25H31N3O4S2/c29-34(30,27-14-17-31-18-15-27)22-12-10-20(11-13-22)26-25-28(21-7-4-2-1-3-5-8-21)23(19-33-25)24-9-6-16-32-24/h6,9-13,16,19,21H,1-5,7-8,14-15,17-18H2. The zero-order valence-electron chi connectivity index (χ0n) is 19.3. The minimum absolute atomic E-state index is 0.295. The Hall–Kier alpha value is -2.20. The largest absolute Gasteiger partial charge is 0.463 e. The summed E-state index contributed by atoms with van der Waals surface area (Å²) in [5.41, 5.74) is 1.80. The van der Waals surface area contributed by atoms with Crippen molar-refractivity contribution in [3.05, 3.63) is 52.8 Å². The van der Waals surface area contributed by atoms with Gasteiger partial charge < -0.3 is 13.7 Å². The van der Waals surface area contributed by atoms with Crippen LogP contribution in [0.2, 0.25) is 0 Å². The Bertz CT molecular complexity index is 1230. The van der Waals surface area contributed by atoms with E-state index >= 15 is 0 Å². The molecule has 3 heterocycles. The molecule has 2 aliphatic rings.